The van der Waals surface area contributed by atoms with Crippen LogP contribution in [0.5, 0.6) is 0 Å². The van der Waals surface area contributed by atoms with Gasteiger partial charge < -0.3 is 10.2 Å². The molecule has 3 heterocycles. The number of aromatic nitrogens is 2. The molecule has 0 aromatic carbocycles. The van der Waals surface area contributed by atoms with Gasteiger partial charge in [0.2, 0.25) is 0 Å². The van der Waals surface area contributed by atoms with Gasteiger partial charge >= 0.3 is 6.18 Å². The van der Waals surface area contributed by atoms with E-state index in [1.807, 2.05) is 16.9 Å². The van der Waals surface area contributed by atoms with E-state index in [1.165, 1.54) is 24.3 Å². The van der Waals surface area contributed by atoms with Crippen molar-refractivity contribution in [3.8, 4) is 0 Å². The molecule has 24 heavy (non-hydrogen) atoms. The van der Waals surface area contributed by atoms with Crippen LogP contribution in [0.1, 0.15) is 41.9 Å². The van der Waals surface area contributed by atoms with Gasteiger partial charge in [-0.2, -0.15) is 30.0 Å². The van der Waals surface area contributed by atoms with E-state index < -0.39 is 17.8 Å². The molecule has 2 saturated heterocycles. The fourth-order valence-corrected chi connectivity index (χ4v) is 4.38. The molecule has 0 aliphatic carbocycles. The largest absolute Gasteiger partial charge is 0.432 e. The quantitative estimate of drug-likeness (QED) is 0.867. The number of rotatable bonds is 3. The number of thioether (sulfide) groups is 1. The van der Waals surface area contributed by atoms with E-state index in [0.29, 0.717) is 6.04 Å². The van der Waals surface area contributed by atoms with Crippen molar-refractivity contribution in [2.24, 2.45) is 0 Å². The Kier molecular flexibility index (Phi) is 5.39. The van der Waals surface area contributed by atoms with E-state index in [1.54, 1.807) is 0 Å². The molecule has 1 amide bonds. The number of aromatic amines is 1. The number of nitrogens with zero attached hydrogens (tertiary/aromatic N) is 2. The van der Waals surface area contributed by atoms with E-state index in [-0.39, 0.29) is 11.7 Å². The molecule has 134 valence electrons. The summed E-state index contributed by atoms with van der Waals surface area (Å²) in [5.74, 6) is 1.87. The molecule has 5 nitrogen and oxygen atoms in total. The third-order valence-electron chi connectivity index (χ3n) is 4.69. The van der Waals surface area contributed by atoms with Crippen molar-refractivity contribution in [2.75, 3.05) is 24.6 Å². The third-order valence-corrected chi connectivity index (χ3v) is 5.74. The van der Waals surface area contributed by atoms with Crippen LogP contribution in [-0.2, 0) is 6.18 Å². The van der Waals surface area contributed by atoms with Crippen molar-refractivity contribution in [3.63, 3.8) is 0 Å². The molecule has 0 atom stereocenters. The van der Waals surface area contributed by atoms with Crippen LogP contribution < -0.4 is 5.32 Å². The van der Waals surface area contributed by atoms with Crippen molar-refractivity contribution in [2.45, 2.75) is 43.9 Å². The Morgan fingerprint density at radius 3 is 2.50 bits per heavy atom. The molecule has 2 aliphatic heterocycles. The van der Waals surface area contributed by atoms with E-state index in [4.69, 9.17) is 0 Å². The number of hydrogen-bond acceptors (Lipinski definition) is 4. The molecule has 0 bridgehead atoms. The zero-order valence-electron chi connectivity index (χ0n) is 13.2. The molecule has 1 aromatic heterocycles. The summed E-state index contributed by atoms with van der Waals surface area (Å²) in [4.78, 5) is 14.5. The van der Waals surface area contributed by atoms with Crippen molar-refractivity contribution in [1.29, 1.82) is 0 Å². The van der Waals surface area contributed by atoms with Gasteiger partial charge in [0.1, 0.15) is 5.69 Å². The second-order valence-electron chi connectivity index (χ2n) is 6.29. The minimum Gasteiger partial charge on any atom is -0.348 e. The maximum absolute atomic E-state index is 12.5. The van der Waals surface area contributed by atoms with Gasteiger partial charge in [0.05, 0.1) is 0 Å². The van der Waals surface area contributed by atoms with Gasteiger partial charge in [0.15, 0.2) is 5.69 Å². The highest BCUT2D eigenvalue weighted by Gasteiger charge is 2.34. The average Bonchev–Trinajstić information content (AvgIpc) is 3.07. The number of carbonyl (C=O) groups is 1. The van der Waals surface area contributed by atoms with E-state index >= 15 is 0 Å². The van der Waals surface area contributed by atoms with Crippen LogP contribution >= 0.6 is 11.8 Å². The zero-order valence-corrected chi connectivity index (χ0v) is 14.1. The molecule has 2 fully saturated rings. The second-order valence-corrected chi connectivity index (χ2v) is 7.52. The number of likely N-dealkylation sites (tertiary alicyclic amines) is 1. The predicted octanol–water partition coefficient (Wildman–Crippen LogP) is 2.52. The van der Waals surface area contributed by atoms with Gasteiger partial charge in [0, 0.05) is 31.2 Å². The number of amides is 1. The Balaban J connectivity index is 1.48. The normalized spacial score (nSPS) is 21.8. The van der Waals surface area contributed by atoms with E-state index in [2.05, 4.69) is 15.3 Å². The Morgan fingerprint density at radius 1 is 1.25 bits per heavy atom. The van der Waals surface area contributed by atoms with Gasteiger partial charge in [-0.3, -0.25) is 9.89 Å². The van der Waals surface area contributed by atoms with Crippen molar-refractivity contribution in [1.82, 2.24) is 20.4 Å². The lowest BCUT2D eigenvalue weighted by molar-refractivity contribution is -0.141. The summed E-state index contributed by atoms with van der Waals surface area (Å²) >= 11 is 2.00. The summed E-state index contributed by atoms with van der Waals surface area (Å²) in [6.45, 7) is 1.85. The Labute approximate surface area is 142 Å². The van der Waals surface area contributed by atoms with Crippen LogP contribution in [0.4, 0.5) is 13.2 Å². The third kappa shape index (κ3) is 4.24. The van der Waals surface area contributed by atoms with E-state index in [9.17, 15) is 18.0 Å². The average molecular weight is 362 g/mol. The smallest absolute Gasteiger partial charge is 0.348 e. The van der Waals surface area contributed by atoms with E-state index in [0.717, 1.165) is 32.0 Å². The highest BCUT2D eigenvalue weighted by Crippen LogP contribution is 2.28. The van der Waals surface area contributed by atoms with Crippen LogP contribution in [0.2, 0.25) is 0 Å². The number of alkyl halides is 3. The number of carbonyl (C=O) groups excluding carboxylic acids is 1. The fraction of sp³-hybridized carbons (Fsp3) is 0.733. The number of H-pyrrole nitrogens is 1. The summed E-state index contributed by atoms with van der Waals surface area (Å²) in [7, 11) is 0. The zero-order chi connectivity index (χ0) is 17.2. The standard InChI is InChI=1S/C15H21F3N4OS/c16-15(17,18)13-9-12(20-21-13)14(23)19-10-1-5-22(6-2-10)11-3-7-24-8-4-11/h9-11H,1-8H2,(H,19,23)(H,20,21). The molecule has 0 saturated carbocycles. The van der Waals surface area contributed by atoms with Gasteiger partial charge in [-0.1, -0.05) is 0 Å². The van der Waals surface area contributed by atoms with Gasteiger partial charge in [-0.25, -0.2) is 0 Å². The van der Waals surface area contributed by atoms with Crippen molar-refractivity contribution < 1.29 is 18.0 Å². The highest BCUT2D eigenvalue weighted by molar-refractivity contribution is 7.99. The fourth-order valence-electron chi connectivity index (χ4n) is 3.30. The molecule has 0 radical (unpaired) electrons. The summed E-state index contributed by atoms with van der Waals surface area (Å²) in [6.07, 6.45) is -0.433. The molecule has 1 aromatic rings. The molecule has 2 N–H and O–H groups in total. The SMILES string of the molecule is O=C(NC1CCN(C2CCSCC2)CC1)c1cc(C(F)(F)F)[nH]n1. The maximum Gasteiger partial charge on any atom is 0.432 e. The topological polar surface area (TPSA) is 61.0 Å². The first-order chi connectivity index (χ1) is 11.4. The Hall–Kier alpha value is -1.22. The monoisotopic (exact) mass is 362 g/mol. The number of halogens is 3. The Morgan fingerprint density at radius 2 is 1.92 bits per heavy atom. The lowest BCUT2D eigenvalue weighted by atomic mass is 10.0. The molecule has 3 rings (SSSR count). The van der Waals surface area contributed by atoms with Crippen LogP contribution in [0.25, 0.3) is 0 Å². The molecule has 0 unspecified atom stereocenters. The maximum atomic E-state index is 12.5. The van der Waals surface area contributed by atoms with Crippen LogP contribution in [0.3, 0.4) is 0 Å². The minimum absolute atomic E-state index is 0.00208. The lowest BCUT2D eigenvalue weighted by Gasteiger charge is -2.39. The summed E-state index contributed by atoms with van der Waals surface area (Å²) < 4.78 is 37.6. The second kappa shape index (κ2) is 7.35. The lowest BCUT2D eigenvalue weighted by Crippen LogP contribution is -2.48. The predicted molar refractivity (Wildman–Crippen MR) is 86.0 cm³/mol. The van der Waals surface area contributed by atoms with Crippen LogP contribution in [0, 0.1) is 0 Å². The molecular formula is C15H21F3N4OS. The number of hydrogen-bond donors (Lipinski definition) is 2. The molecule has 9 heteroatoms. The van der Waals surface area contributed by atoms with Crippen molar-refractivity contribution >= 4 is 17.7 Å². The number of nitrogens with one attached hydrogen (secondary N) is 2. The summed E-state index contributed by atoms with van der Waals surface area (Å²) in [6, 6.07) is 1.39. The molecule has 2 aliphatic rings. The summed E-state index contributed by atoms with van der Waals surface area (Å²) in [5, 5.41) is 8.14. The van der Waals surface area contributed by atoms with Crippen LogP contribution in [-0.4, -0.2) is 57.7 Å². The van der Waals surface area contributed by atoms with Crippen molar-refractivity contribution in [3.05, 3.63) is 17.5 Å². The first kappa shape index (κ1) is 17.6. The molecular weight excluding hydrogens is 341 g/mol. The molecule has 0 spiro atoms. The first-order valence-electron chi connectivity index (χ1n) is 8.19. The Bertz CT molecular complexity index is 563. The van der Waals surface area contributed by atoms with Gasteiger partial charge in [-0.05, 0) is 37.2 Å². The van der Waals surface area contributed by atoms with Gasteiger partial charge in [0.25, 0.3) is 5.91 Å². The van der Waals surface area contributed by atoms with Gasteiger partial charge in [-0.15, -0.1) is 0 Å². The number of piperidine rings is 1. The highest BCUT2D eigenvalue weighted by atomic mass is 32.2. The minimum atomic E-state index is -4.52. The summed E-state index contributed by atoms with van der Waals surface area (Å²) in [5.41, 5.74) is -1.22. The van der Waals surface area contributed by atoms with Crippen LogP contribution in [0.15, 0.2) is 6.07 Å². The first-order valence-corrected chi connectivity index (χ1v) is 9.34.